The maximum atomic E-state index is 5.92. The molecule has 2 rings (SSSR count). The largest absolute Gasteiger partial charge is 0.493 e. The third-order valence-corrected chi connectivity index (χ3v) is 4.33. The van der Waals surface area contributed by atoms with Crippen molar-refractivity contribution >= 4 is 15.9 Å². The van der Waals surface area contributed by atoms with Gasteiger partial charge in [-0.05, 0) is 36.2 Å². The molecule has 0 bridgehead atoms. The van der Waals surface area contributed by atoms with Crippen LogP contribution < -0.4 is 14.8 Å². The van der Waals surface area contributed by atoms with E-state index >= 15 is 0 Å². The average Bonchev–Trinajstić information content (AvgIpc) is 2.62. The lowest BCUT2D eigenvalue weighted by Crippen LogP contribution is -2.16. The standard InChI is InChI=1S/C19H24BrNO3/c1-22-10-6-9-21-13-16-11-18(23-2)19(12-17(16)20)24-14-15-7-4-3-5-8-15/h3-5,7-8,11-12,21H,6,9-10,13-14H2,1-2H3. The minimum absolute atomic E-state index is 0.512. The number of rotatable bonds is 10. The molecule has 0 amide bonds. The van der Waals surface area contributed by atoms with Crippen molar-refractivity contribution in [1.82, 2.24) is 5.32 Å². The molecule has 0 saturated heterocycles. The van der Waals surface area contributed by atoms with Gasteiger partial charge in [0, 0.05) is 24.7 Å². The minimum Gasteiger partial charge on any atom is -0.493 e. The molecule has 0 spiro atoms. The molecule has 2 aromatic carbocycles. The Balaban J connectivity index is 1.98. The summed E-state index contributed by atoms with van der Waals surface area (Å²) < 4.78 is 17.4. The van der Waals surface area contributed by atoms with Crippen LogP contribution in [0.3, 0.4) is 0 Å². The maximum Gasteiger partial charge on any atom is 0.162 e. The van der Waals surface area contributed by atoms with Crippen LogP contribution in [0.2, 0.25) is 0 Å². The van der Waals surface area contributed by atoms with Crippen molar-refractivity contribution in [3.8, 4) is 11.5 Å². The molecule has 0 aliphatic heterocycles. The molecule has 0 aliphatic carbocycles. The van der Waals surface area contributed by atoms with Gasteiger partial charge in [-0.25, -0.2) is 0 Å². The Morgan fingerprint density at radius 3 is 2.54 bits per heavy atom. The van der Waals surface area contributed by atoms with E-state index in [1.54, 1.807) is 14.2 Å². The molecule has 0 saturated carbocycles. The molecule has 130 valence electrons. The van der Waals surface area contributed by atoms with E-state index in [1.807, 2.05) is 42.5 Å². The fraction of sp³-hybridized carbons (Fsp3) is 0.368. The second-order valence-electron chi connectivity index (χ2n) is 5.39. The third-order valence-electron chi connectivity index (χ3n) is 3.59. The lowest BCUT2D eigenvalue weighted by Gasteiger charge is -2.14. The normalized spacial score (nSPS) is 10.6. The molecule has 1 N–H and O–H groups in total. The Labute approximate surface area is 152 Å². The number of methoxy groups -OCH3 is 2. The quantitative estimate of drug-likeness (QED) is 0.615. The predicted molar refractivity (Wildman–Crippen MR) is 99.7 cm³/mol. The first-order chi connectivity index (χ1) is 11.7. The second-order valence-corrected chi connectivity index (χ2v) is 6.25. The fourth-order valence-corrected chi connectivity index (χ4v) is 2.75. The van der Waals surface area contributed by atoms with Gasteiger partial charge >= 0.3 is 0 Å². The lowest BCUT2D eigenvalue weighted by atomic mass is 10.2. The van der Waals surface area contributed by atoms with E-state index in [1.165, 1.54) is 0 Å². The highest BCUT2D eigenvalue weighted by Gasteiger charge is 2.10. The van der Waals surface area contributed by atoms with Crippen molar-refractivity contribution in [2.75, 3.05) is 27.4 Å². The van der Waals surface area contributed by atoms with Crippen molar-refractivity contribution in [3.05, 3.63) is 58.1 Å². The summed E-state index contributed by atoms with van der Waals surface area (Å²) in [6.45, 7) is 2.95. The van der Waals surface area contributed by atoms with E-state index in [-0.39, 0.29) is 0 Å². The van der Waals surface area contributed by atoms with Crippen LogP contribution in [0.25, 0.3) is 0 Å². The van der Waals surface area contributed by atoms with E-state index in [9.17, 15) is 0 Å². The SMILES string of the molecule is COCCCNCc1cc(OC)c(OCc2ccccc2)cc1Br. The lowest BCUT2D eigenvalue weighted by molar-refractivity contribution is 0.194. The molecule has 2 aromatic rings. The van der Waals surface area contributed by atoms with Gasteiger partial charge in [-0.2, -0.15) is 0 Å². The molecule has 24 heavy (non-hydrogen) atoms. The summed E-state index contributed by atoms with van der Waals surface area (Å²) in [6, 6.07) is 14.1. The van der Waals surface area contributed by atoms with Gasteiger partial charge in [0.1, 0.15) is 6.61 Å². The molecule has 0 radical (unpaired) electrons. The summed E-state index contributed by atoms with van der Waals surface area (Å²) >= 11 is 3.62. The molecule has 4 nitrogen and oxygen atoms in total. The topological polar surface area (TPSA) is 39.7 Å². The molecule has 0 fully saturated rings. The molecular formula is C19H24BrNO3. The molecule has 0 unspecified atom stereocenters. The highest BCUT2D eigenvalue weighted by molar-refractivity contribution is 9.10. The van der Waals surface area contributed by atoms with Crippen molar-refractivity contribution in [2.45, 2.75) is 19.6 Å². The van der Waals surface area contributed by atoms with Gasteiger partial charge in [-0.1, -0.05) is 46.3 Å². The van der Waals surface area contributed by atoms with Gasteiger partial charge in [-0.15, -0.1) is 0 Å². The zero-order valence-corrected chi connectivity index (χ0v) is 15.8. The van der Waals surface area contributed by atoms with Gasteiger partial charge in [0.05, 0.1) is 7.11 Å². The summed E-state index contributed by atoms with van der Waals surface area (Å²) in [4.78, 5) is 0. The van der Waals surface area contributed by atoms with Crippen LogP contribution in [0.5, 0.6) is 11.5 Å². The van der Waals surface area contributed by atoms with Crippen molar-refractivity contribution in [1.29, 1.82) is 0 Å². The Morgan fingerprint density at radius 2 is 1.83 bits per heavy atom. The minimum atomic E-state index is 0.512. The van der Waals surface area contributed by atoms with Gasteiger partial charge in [0.2, 0.25) is 0 Å². The zero-order chi connectivity index (χ0) is 17.2. The molecule has 0 heterocycles. The monoisotopic (exact) mass is 393 g/mol. The molecule has 0 aliphatic rings. The van der Waals surface area contributed by atoms with Crippen LogP contribution in [0, 0.1) is 0 Å². The van der Waals surface area contributed by atoms with Crippen molar-refractivity contribution < 1.29 is 14.2 Å². The van der Waals surface area contributed by atoms with Crippen LogP contribution in [0.1, 0.15) is 17.5 Å². The van der Waals surface area contributed by atoms with E-state index < -0.39 is 0 Å². The van der Waals surface area contributed by atoms with E-state index in [2.05, 4.69) is 21.2 Å². The Hall–Kier alpha value is -1.56. The van der Waals surface area contributed by atoms with E-state index in [0.717, 1.165) is 53.2 Å². The van der Waals surface area contributed by atoms with Gasteiger partial charge in [0.25, 0.3) is 0 Å². The van der Waals surface area contributed by atoms with Gasteiger partial charge in [0.15, 0.2) is 11.5 Å². The Kier molecular flexibility index (Phi) is 8.08. The molecule has 5 heteroatoms. The number of hydrogen-bond acceptors (Lipinski definition) is 4. The first kappa shape index (κ1) is 18.8. The maximum absolute atomic E-state index is 5.92. The van der Waals surface area contributed by atoms with Crippen LogP contribution in [-0.4, -0.2) is 27.4 Å². The number of ether oxygens (including phenoxy) is 3. The smallest absolute Gasteiger partial charge is 0.162 e. The summed E-state index contributed by atoms with van der Waals surface area (Å²) in [6.07, 6.45) is 0.990. The van der Waals surface area contributed by atoms with Crippen LogP contribution in [0.4, 0.5) is 0 Å². The average molecular weight is 394 g/mol. The van der Waals surface area contributed by atoms with E-state index in [4.69, 9.17) is 14.2 Å². The second kappa shape index (κ2) is 10.3. The number of nitrogens with one attached hydrogen (secondary N) is 1. The first-order valence-corrected chi connectivity index (χ1v) is 8.76. The van der Waals surface area contributed by atoms with Gasteiger partial charge < -0.3 is 19.5 Å². The fourth-order valence-electron chi connectivity index (χ4n) is 2.28. The highest BCUT2D eigenvalue weighted by atomic mass is 79.9. The summed E-state index contributed by atoms with van der Waals surface area (Å²) in [5, 5.41) is 3.40. The van der Waals surface area contributed by atoms with Crippen LogP contribution >= 0.6 is 15.9 Å². The van der Waals surface area contributed by atoms with Crippen molar-refractivity contribution in [2.24, 2.45) is 0 Å². The first-order valence-electron chi connectivity index (χ1n) is 7.97. The number of benzene rings is 2. The van der Waals surface area contributed by atoms with E-state index in [0.29, 0.717) is 6.61 Å². The summed E-state index contributed by atoms with van der Waals surface area (Å²) in [5.41, 5.74) is 2.26. The van der Waals surface area contributed by atoms with Crippen molar-refractivity contribution in [3.63, 3.8) is 0 Å². The zero-order valence-electron chi connectivity index (χ0n) is 14.2. The Bertz CT molecular complexity index is 620. The highest BCUT2D eigenvalue weighted by Crippen LogP contribution is 2.34. The Morgan fingerprint density at radius 1 is 1.04 bits per heavy atom. The molecular weight excluding hydrogens is 370 g/mol. The molecule has 0 aromatic heterocycles. The van der Waals surface area contributed by atoms with Gasteiger partial charge in [-0.3, -0.25) is 0 Å². The summed E-state index contributed by atoms with van der Waals surface area (Å²) in [5.74, 6) is 1.47. The number of halogens is 1. The molecule has 0 atom stereocenters. The third kappa shape index (κ3) is 5.82. The predicted octanol–water partition coefficient (Wildman–Crippen LogP) is 4.16. The van der Waals surface area contributed by atoms with Crippen LogP contribution in [-0.2, 0) is 17.9 Å². The number of hydrogen-bond donors (Lipinski definition) is 1. The summed E-state index contributed by atoms with van der Waals surface area (Å²) in [7, 11) is 3.38. The van der Waals surface area contributed by atoms with Crippen LogP contribution in [0.15, 0.2) is 46.9 Å².